The van der Waals surface area contributed by atoms with Gasteiger partial charge in [0.25, 0.3) is 0 Å². The summed E-state index contributed by atoms with van der Waals surface area (Å²) in [6, 6.07) is 6.13. The van der Waals surface area contributed by atoms with E-state index in [0.717, 1.165) is 31.2 Å². The fourth-order valence-electron chi connectivity index (χ4n) is 1.99. The van der Waals surface area contributed by atoms with Gasteiger partial charge in [0.2, 0.25) is 6.04 Å². The van der Waals surface area contributed by atoms with Crippen molar-refractivity contribution in [2.24, 2.45) is 0 Å². The van der Waals surface area contributed by atoms with E-state index in [4.69, 9.17) is 5.11 Å². The predicted octanol–water partition coefficient (Wildman–Crippen LogP) is 3.55. The van der Waals surface area contributed by atoms with Crippen molar-refractivity contribution in [2.75, 3.05) is 0 Å². The fraction of sp³-hybridized carbons (Fsp3) is 0.571. The lowest BCUT2D eigenvalue weighted by atomic mass is 10.0. The van der Waals surface area contributed by atoms with E-state index in [1.165, 1.54) is 0 Å². The van der Waals surface area contributed by atoms with Crippen LogP contribution in [-0.4, -0.2) is 16.1 Å². The van der Waals surface area contributed by atoms with Crippen molar-refractivity contribution in [2.45, 2.75) is 51.5 Å². The van der Waals surface area contributed by atoms with Crippen molar-refractivity contribution in [3.63, 3.8) is 0 Å². The van der Waals surface area contributed by atoms with Crippen LogP contribution in [0.15, 0.2) is 24.3 Å². The SMILES string of the molecule is CCCCCCC(Cc1ccc(O)cc1)[N+](=O)[O-]. The highest BCUT2D eigenvalue weighted by Gasteiger charge is 2.19. The number of benzene rings is 1. The maximum Gasteiger partial charge on any atom is 0.217 e. The zero-order valence-electron chi connectivity index (χ0n) is 10.8. The molecule has 0 heterocycles. The number of phenolic OH excluding ortho intramolecular Hbond substituents is 1. The summed E-state index contributed by atoms with van der Waals surface area (Å²) in [5, 5.41) is 20.2. The second kappa shape index (κ2) is 7.69. The summed E-state index contributed by atoms with van der Waals surface area (Å²) in [6.45, 7) is 2.13. The third-order valence-corrected chi connectivity index (χ3v) is 3.10. The molecule has 1 aromatic carbocycles. The normalized spacial score (nSPS) is 12.3. The third kappa shape index (κ3) is 5.17. The Kier molecular flexibility index (Phi) is 6.19. The van der Waals surface area contributed by atoms with Gasteiger partial charge in [0.05, 0.1) is 0 Å². The Balaban J connectivity index is 2.47. The molecule has 100 valence electrons. The summed E-state index contributed by atoms with van der Waals surface area (Å²) in [5.74, 6) is 0.194. The molecule has 4 nitrogen and oxygen atoms in total. The molecule has 1 N–H and O–H groups in total. The Morgan fingerprint density at radius 1 is 1.22 bits per heavy atom. The molecule has 0 saturated carbocycles. The molecule has 0 aliphatic rings. The van der Waals surface area contributed by atoms with Crippen LogP contribution in [0.3, 0.4) is 0 Å². The van der Waals surface area contributed by atoms with Gasteiger partial charge in [0.15, 0.2) is 0 Å². The van der Waals surface area contributed by atoms with Gasteiger partial charge in [0.1, 0.15) is 5.75 Å². The number of hydrogen-bond acceptors (Lipinski definition) is 3. The molecule has 0 spiro atoms. The maximum atomic E-state index is 11.0. The Hall–Kier alpha value is -1.58. The zero-order valence-corrected chi connectivity index (χ0v) is 10.8. The van der Waals surface area contributed by atoms with E-state index in [0.29, 0.717) is 12.8 Å². The van der Waals surface area contributed by atoms with Crippen LogP contribution in [0.4, 0.5) is 0 Å². The van der Waals surface area contributed by atoms with Crippen molar-refractivity contribution in [1.82, 2.24) is 0 Å². The van der Waals surface area contributed by atoms with E-state index in [1.807, 2.05) is 0 Å². The van der Waals surface area contributed by atoms with Gasteiger partial charge >= 0.3 is 0 Å². The minimum absolute atomic E-state index is 0.182. The van der Waals surface area contributed by atoms with Crippen LogP contribution in [0.1, 0.15) is 44.6 Å². The van der Waals surface area contributed by atoms with E-state index >= 15 is 0 Å². The molecule has 0 aliphatic heterocycles. The average molecular weight is 251 g/mol. The second-order valence-electron chi connectivity index (χ2n) is 4.66. The Labute approximate surface area is 108 Å². The largest absolute Gasteiger partial charge is 0.508 e. The number of hydrogen-bond donors (Lipinski definition) is 1. The van der Waals surface area contributed by atoms with Gasteiger partial charge in [-0.25, -0.2) is 0 Å². The summed E-state index contributed by atoms with van der Waals surface area (Å²) in [4.78, 5) is 10.8. The first-order valence-electron chi connectivity index (χ1n) is 6.55. The lowest BCUT2D eigenvalue weighted by Crippen LogP contribution is -2.22. The molecule has 0 bridgehead atoms. The Morgan fingerprint density at radius 2 is 1.89 bits per heavy atom. The van der Waals surface area contributed by atoms with Crippen LogP contribution in [0, 0.1) is 10.1 Å². The summed E-state index contributed by atoms with van der Waals surface area (Å²) in [5.41, 5.74) is 0.907. The number of unbranched alkanes of at least 4 members (excludes halogenated alkanes) is 3. The predicted molar refractivity (Wildman–Crippen MR) is 71.4 cm³/mol. The zero-order chi connectivity index (χ0) is 13.4. The van der Waals surface area contributed by atoms with Gasteiger partial charge < -0.3 is 5.11 Å². The van der Waals surface area contributed by atoms with Crippen LogP contribution in [0.25, 0.3) is 0 Å². The van der Waals surface area contributed by atoms with E-state index in [1.54, 1.807) is 24.3 Å². The highest BCUT2D eigenvalue weighted by Crippen LogP contribution is 2.15. The molecule has 0 radical (unpaired) electrons. The molecule has 1 atom stereocenters. The summed E-state index contributed by atoms with van der Waals surface area (Å²) in [7, 11) is 0. The second-order valence-corrected chi connectivity index (χ2v) is 4.66. The smallest absolute Gasteiger partial charge is 0.217 e. The topological polar surface area (TPSA) is 63.4 Å². The molecule has 1 rings (SSSR count). The third-order valence-electron chi connectivity index (χ3n) is 3.10. The molecule has 4 heteroatoms. The summed E-state index contributed by atoms with van der Waals surface area (Å²) in [6.07, 6.45) is 5.34. The highest BCUT2D eigenvalue weighted by molar-refractivity contribution is 5.26. The summed E-state index contributed by atoms with van der Waals surface area (Å²) >= 11 is 0. The van der Waals surface area contributed by atoms with E-state index in [9.17, 15) is 10.1 Å². The molecule has 0 fully saturated rings. The number of rotatable bonds is 8. The van der Waals surface area contributed by atoms with Crippen LogP contribution in [0.2, 0.25) is 0 Å². The number of aromatic hydroxyl groups is 1. The molecule has 0 amide bonds. The van der Waals surface area contributed by atoms with Crippen LogP contribution in [0.5, 0.6) is 5.75 Å². The van der Waals surface area contributed by atoms with Gasteiger partial charge in [-0.3, -0.25) is 10.1 Å². The molecule has 1 unspecified atom stereocenters. The quantitative estimate of drug-likeness (QED) is 0.436. The number of nitrogens with zero attached hydrogens (tertiary/aromatic N) is 1. The molecular formula is C14H21NO3. The van der Waals surface area contributed by atoms with Crippen molar-refractivity contribution in [3.05, 3.63) is 39.9 Å². The first kappa shape index (κ1) is 14.5. The maximum absolute atomic E-state index is 11.0. The van der Waals surface area contributed by atoms with Crippen LogP contribution in [-0.2, 0) is 6.42 Å². The minimum Gasteiger partial charge on any atom is -0.508 e. The van der Waals surface area contributed by atoms with Gasteiger partial charge in [-0.05, 0) is 24.1 Å². The molecule has 0 saturated heterocycles. The fourth-order valence-corrected chi connectivity index (χ4v) is 1.99. The number of phenols is 1. The van der Waals surface area contributed by atoms with E-state index in [-0.39, 0.29) is 10.7 Å². The minimum atomic E-state index is -0.508. The van der Waals surface area contributed by atoms with Crippen LogP contribution < -0.4 is 0 Å². The standard InChI is InChI=1S/C14H21NO3/c1-2-3-4-5-6-13(15(17)18)11-12-7-9-14(16)10-8-12/h7-10,13,16H,2-6,11H2,1H3. The van der Waals surface area contributed by atoms with E-state index < -0.39 is 6.04 Å². The van der Waals surface area contributed by atoms with Crippen molar-refractivity contribution in [1.29, 1.82) is 0 Å². The Bertz CT molecular complexity index is 362. The molecular weight excluding hydrogens is 230 g/mol. The first-order valence-corrected chi connectivity index (χ1v) is 6.55. The van der Waals surface area contributed by atoms with Gasteiger partial charge in [-0.2, -0.15) is 0 Å². The molecule has 0 aliphatic carbocycles. The Morgan fingerprint density at radius 3 is 2.44 bits per heavy atom. The van der Waals surface area contributed by atoms with Crippen molar-refractivity contribution < 1.29 is 10.0 Å². The van der Waals surface area contributed by atoms with Crippen LogP contribution >= 0.6 is 0 Å². The van der Waals surface area contributed by atoms with Gasteiger partial charge in [-0.15, -0.1) is 0 Å². The molecule has 18 heavy (non-hydrogen) atoms. The van der Waals surface area contributed by atoms with Crippen molar-refractivity contribution >= 4 is 0 Å². The summed E-state index contributed by atoms with van der Waals surface area (Å²) < 4.78 is 0. The lowest BCUT2D eigenvalue weighted by molar-refractivity contribution is -0.523. The van der Waals surface area contributed by atoms with Crippen molar-refractivity contribution in [3.8, 4) is 5.75 Å². The molecule has 0 aromatic heterocycles. The van der Waals surface area contributed by atoms with Gasteiger partial charge in [-0.1, -0.05) is 38.3 Å². The average Bonchev–Trinajstić information content (AvgIpc) is 2.35. The van der Waals surface area contributed by atoms with E-state index in [2.05, 4.69) is 6.92 Å². The molecule has 1 aromatic rings. The van der Waals surface area contributed by atoms with Gasteiger partial charge in [0, 0.05) is 17.8 Å². The lowest BCUT2D eigenvalue weighted by Gasteiger charge is -2.09. The monoisotopic (exact) mass is 251 g/mol. The highest BCUT2D eigenvalue weighted by atomic mass is 16.6. The first-order chi connectivity index (χ1) is 8.63. The number of nitro groups is 1.